The van der Waals surface area contributed by atoms with Crippen molar-refractivity contribution in [3.8, 4) is 0 Å². The van der Waals surface area contributed by atoms with Crippen LogP contribution in [-0.2, 0) is 13.0 Å². The smallest absolute Gasteiger partial charge is 0.166 e. The summed E-state index contributed by atoms with van der Waals surface area (Å²) in [6, 6.07) is 1.94. The number of hydrogen-bond acceptors (Lipinski definition) is 1. The van der Waals surface area contributed by atoms with Crippen LogP contribution in [0.3, 0.4) is 0 Å². The van der Waals surface area contributed by atoms with Crippen molar-refractivity contribution in [3.63, 3.8) is 0 Å². The maximum atomic E-state index is 10.5. The first-order valence-electron chi connectivity index (χ1n) is 3.96. The zero-order valence-electron chi connectivity index (χ0n) is 7.00. The number of aldehydes is 1. The molecule has 0 aliphatic heterocycles. The summed E-state index contributed by atoms with van der Waals surface area (Å²) in [5.41, 5.74) is 2.01. The zero-order chi connectivity index (χ0) is 8.27. The average Bonchev–Trinajstić information content (AvgIpc) is 2.46. The van der Waals surface area contributed by atoms with Gasteiger partial charge in [-0.2, -0.15) is 0 Å². The lowest BCUT2D eigenvalue weighted by Gasteiger charge is -1.96. The standard InChI is InChI=1S/C9H13NO/c1-3-8-5-9(7-11)10(4-2)6-8/h5-7H,3-4H2,1-2H3. The number of aromatic nitrogens is 1. The summed E-state index contributed by atoms with van der Waals surface area (Å²) in [6.45, 7) is 4.99. The van der Waals surface area contributed by atoms with Crippen LogP contribution in [0.25, 0.3) is 0 Å². The summed E-state index contributed by atoms with van der Waals surface area (Å²) < 4.78 is 1.96. The van der Waals surface area contributed by atoms with Crippen molar-refractivity contribution in [2.75, 3.05) is 0 Å². The third-order valence-corrected chi connectivity index (χ3v) is 1.86. The van der Waals surface area contributed by atoms with Crippen LogP contribution in [-0.4, -0.2) is 10.9 Å². The molecule has 0 aliphatic rings. The van der Waals surface area contributed by atoms with E-state index in [9.17, 15) is 4.79 Å². The van der Waals surface area contributed by atoms with Crippen LogP contribution in [0.2, 0.25) is 0 Å². The predicted octanol–water partition coefficient (Wildman–Crippen LogP) is 1.88. The highest BCUT2D eigenvalue weighted by Gasteiger charge is 2.00. The molecule has 11 heavy (non-hydrogen) atoms. The van der Waals surface area contributed by atoms with Gasteiger partial charge in [-0.25, -0.2) is 0 Å². The van der Waals surface area contributed by atoms with Crippen molar-refractivity contribution < 1.29 is 4.79 Å². The van der Waals surface area contributed by atoms with Crippen molar-refractivity contribution in [2.24, 2.45) is 0 Å². The van der Waals surface area contributed by atoms with Gasteiger partial charge in [0.15, 0.2) is 6.29 Å². The van der Waals surface area contributed by atoms with Crippen LogP contribution in [0.15, 0.2) is 12.3 Å². The van der Waals surface area contributed by atoms with Crippen molar-refractivity contribution in [2.45, 2.75) is 26.8 Å². The van der Waals surface area contributed by atoms with E-state index < -0.39 is 0 Å². The molecule has 0 aliphatic carbocycles. The van der Waals surface area contributed by atoms with Gasteiger partial charge in [-0.1, -0.05) is 6.92 Å². The first-order valence-corrected chi connectivity index (χ1v) is 3.96. The fourth-order valence-corrected chi connectivity index (χ4v) is 1.15. The molecule has 1 aromatic heterocycles. The van der Waals surface area contributed by atoms with Crippen LogP contribution in [0, 0.1) is 0 Å². The second-order valence-corrected chi connectivity index (χ2v) is 2.53. The van der Waals surface area contributed by atoms with Crippen molar-refractivity contribution in [1.29, 1.82) is 0 Å². The number of rotatable bonds is 3. The molecule has 0 atom stereocenters. The molecule has 0 spiro atoms. The van der Waals surface area contributed by atoms with E-state index in [-0.39, 0.29) is 0 Å². The fraction of sp³-hybridized carbons (Fsp3) is 0.444. The Kier molecular flexibility index (Phi) is 2.47. The molecule has 0 bridgehead atoms. The molecular formula is C9H13NO. The van der Waals surface area contributed by atoms with Crippen LogP contribution in [0.1, 0.15) is 29.9 Å². The second kappa shape index (κ2) is 3.37. The maximum Gasteiger partial charge on any atom is 0.166 e. The summed E-state index contributed by atoms with van der Waals surface area (Å²) >= 11 is 0. The number of nitrogens with zero attached hydrogens (tertiary/aromatic N) is 1. The van der Waals surface area contributed by atoms with Gasteiger partial charge in [-0.05, 0) is 25.0 Å². The zero-order valence-corrected chi connectivity index (χ0v) is 7.00. The van der Waals surface area contributed by atoms with E-state index in [0.717, 1.165) is 24.9 Å². The van der Waals surface area contributed by atoms with Gasteiger partial charge in [0.1, 0.15) is 0 Å². The fourth-order valence-electron chi connectivity index (χ4n) is 1.15. The summed E-state index contributed by atoms with van der Waals surface area (Å²) in [4.78, 5) is 10.5. The molecule has 1 rings (SSSR count). The van der Waals surface area contributed by atoms with E-state index in [1.807, 2.05) is 23.8 Å². The number of aryl methyl sites for hydroxylation is 2. The number of hydrogen-bond donors (Lipinski definition) is 0. The molecule has 0 saturated carbocycles. The lowest BCUT2D eigenvalue weighted by atomic mass is 10.2. The largest absolute Gasteiger partial charge is 0.345 e. The van der Waals surface area contributed by atoms with Crippen molar-refractivity contribution in [1.82, 2.24) is 4.57 Å². The minimum atomic E-state index is 0.782. The molecule has 0 radical (unpaired) electrons. The number of carbonyl (C=O) groups is 1. The summed E-state index contributed by atoms with van der Waals surface area (Å²) in [7, 11) is 0. The highest BCUT2D eigenvalue weighted by Crippen LogP contribution is 2.06. The lowest BCUT2D eigenvalue weighted by Crippen LogP contribution is -1.96. The molecular weight excluding hydrogens is 138 g/mol. The van der Waals surface area contributed by atoms with Gasteiger partial charge in [-0.15, -0.1) is 0 Å². The van der Waals surface area contributed by atoms with Crippen molar-refractivity contribution in [3.05, 3.63) is 23.5 Å². The Hall–Kier alpha value is -1.05. The molecule has 1 heterocycles. The highest BCUT2D eigenvalue weighted by atomic mass is 16.1. The molecule has 2 heteroatoms. The highest BCUT2D eigenvalue weighted by molar-refractivity contribution is 5.72. The van der Waals surface area contributed by atoms with Crippen LogP contribution < -0.4 is 0 Å². The van der Waals surface area contributed by atoms with E-state index in [4.69, 9.17) is 0 Å². The van der Waals surface area contributed by atoms with Gasteiger partial charge < -0.3 is 4.57 Å². The Bertz CT molecular complexity index is 250. The predicted molar refractivity (Wildman–Crippen MR) is 44.9 cm³/mol. The van der Waals surface area contributed by atoms with Crippen LogP contribution in [0.5, 0.6) is 0 Å². The van der Waals surface area contributed by atoms with Gasteiger partial charge in [-0.3, -0.25) is 4.79 Å². The maximum absolute atomic E-state index is 10.5. The Morgan fingerprint density at radius 3 is 2.64 bits per heavy atom. The first-order chi connectivity index (χ1) is 5.31. The Morgan fingerprint density at radius 1 is 1.55 bits per heavy atom. The minimum Gasteiger partial charge on any atom is -0.345 e. The van der Waals surface area contributed by atoms with Gasteiger partial charge in [0.05, 0.1) is 5.69 Å². The summed E-state index contributed by atoms with van der Waals surface area (Å²) in [6.07, 6.45) is 3.93. The van der Waals surface area contributed by atoms with Gasteiger partial charge in [0, 0.05) is 12.7 Å². The van der Waals surface area contributed by atoms with Gasteiger partial charge >= 0.3 is 0 Å². The lowest BCUT2D eigenvalue weighted by molar-refractivity contribution is 0.111. The van der Waals surface area contributed by atoms with E-state index in [0.29, 0.717) is 0 Å². The van der Waals surface area contributed by atoms with Gasteiger partial charge in [0.25, 0.3) is 0 Å². The quantitative estimate of drug-likeness (QED) is 0.604. The molecule has 0 fully saturated rings. The topological polar surface area (TPSA) is 22.0 Å². The van der Waals surface area contributed by atoms with Crippen LogP contribution in [0.4, 0.5) is 0 Å². The second-order valence-electron chi connectivity index (χ2n) is 2.53. The molecule has 1 aromatic rings. The molecule has 0 saturated heterocycles. The third kappa shape index (κ3) is 1.50. The van der Waals surface area contributed by atoms with E-state index in [1.165, 1.54) is 5.56 Å². The third-order valence-electron chi connectivity index (χ3n) is 1.86. The van der Waals surface area contributed by atoms with Crippen LogP contribution >= 0.6 is 0 Å². The van der Waals surface area contributed by atoms with E-state index in [1.54, 1.807) is 0 Å². The van der Waals surface area contributed by atoms with Crippen molar-refractivity contribution >= 4 is 6.29 Å². The monoisotopic (exact) mass is 151 g/mol. The van der Waals surface area contributed by atoms with Gasteiger partial charge in [0.2, 0.25) is 0 Å². The Morgan fingerprint density at radius 2 is 2.27 bits per heavy atom. The summed E-state index contributed by atoms with van der Waals surface area (Å²) in [5, 5.41) is 0. The molecule has 2 nitrogen and oxygen atoms in total. The average molecular weight is 151 g/mol. The SMILES string of the molecule is CCc1cc(C=O)n(CC)c1. The normalized spacial score (nSPS) is 10.0. The first kappa shape index (κ1) is 8.05. The molecule has 0 N–H and O–H groups in total. The Balaban J connectivity index is 3.01. The molecule has 0 amide bonds. The number of carbonyl (C=O) groups excluding carboxylic acids is 1. The Labute approximate surface area is 66.8 Å². The molecule has 0 unspecified atom stereocenters. The van der Waals surface area contributed by atoms with E-state index >= 15 is 0 Å². The molecule has 60 valence electrons. The summed E-state index contributed by atoms with van der Waals surface area (Å²) in [5.74, 6) is 0. The van der Waals surface area contributed by atoms with E-state index in [2.05, 4.69) is 6.92 Å². The molecule has 0 aromatic carbocycles. The minimum absolute atomic E-state index is 0.782.